The Balaban J connectivity index is 1.37. The number of anilines is 2. The molecular formula is C32H35N5O3. The Labute approximate surface area is 234 Å². The summed E-state index contributed by atoms with van der Waals surface area (Å²) >= 11 is 0. The van der Waals surface area contributed by atoms with Crippen LogP contribution in [0.4, 0.5) is 11.5 Å². The van der Waals surface area contributed by atoms with Crippen LogP contribution in [0.5, 0.6) is 0 Å². The van der Waals surface area contributed by atoms with Crippen molar-refractivity contribution in [1.82, 2.24) is 9.88 Å². The van der Waals surface area contributed by atoms with Crippen LogP contribution in [-0.4, -0.2) is 47.4 Å². The van der Waals surface area contributed by atoms with Crippen molar-refractivity contribution in [2.24, 2.45) is 10.4 Å². The lowest BCUT2D eigenvalue weighted by Crippen LogP contribution is -2.43. The number of aryl methyl sites for hydroxylation is 1. The van der Waals surface area contributed by atoms with Crippen molar-refractivity contribution in [3.8, 4) is 0 Å². The van der Waals surface area contributed by atoms with Crippen LogP contribution < -0.4 is 10.6 Å². The summed E-state index contributed by atoms with van der Waals surface area (Å²) in [6, 6.07) is 15.6. The van der Waals surface area contributed by atoms with Gasteiger partial charge in [-0.15, -0.1) is 0 Å². The minimum Gasteiger partial charge on any atom is -0.329 e. The van der Waals surface area contributed by atoms with E-state index in [-0.39, 0.29) is 24.3 Å². The SMILES string of the molecule is C/N=C/c1ccccc1CN(CC(=O)Nc1cc2c(cc1C)CC1(C2)C(=O)Nc2ncccc21)C(=O)C(C)(C)C. The van der Waals surface area contributed by atoms with Gasteiger partial charge in [-0.05, 0) is 59.7 Å². The zero-order valence-corrected chi connectivity index (χ0v) is 23.7. The summed E-state index contributed by atoms with van der Waals surface area (Å²) in [7, 11) is 1.71. The summed E-state index contributed by atoms with van der Waals surface area (Å²) in [4.78, 5) is 49.9. The first-order chi connectivity index (χ1) is 19.0. The summed E-state index contributed by atoms with van der Waals surface area (Å²) in [5.74, 6) is 0.201. The lowest BCUT2D eigenvalue weighted by molar-refractivity contribution is -0.142. The molecule has 0 saturated heterocycles. The zero-order valence-electron chi connectivity index (χ0n) is 23.7. The molecule has 1 aromatic heterocycles. The van der Waals surface area contributed by atoms with Gasteiger partial charge in [0.2, 0.25) is 17.7 Å². The fraction of sp³-hybridized carbons (Fsp3) is 0.344. The Morgan fingerprint density at radius 2 is 1.85 bits per heavy atom. The topological polar surface area (TPSA) is 104 Å². The van der Waals surface area contributed by atoms with Crippen LogP contribution in [0, 0.1) is 12.3 Å². The molecule has 2 N–H and O–H groups in total. The summed E-state index contributed by atoms with van der Waals surface area (Å²) in [6.45, 7) is 7.71. The Morgan fingerprint density at radius 3 is 2.58 bits per heavy atom. The molecule has 40 heavy (non-hydrogen) atoms. The molecule has 0 saturated carbocycles. The molecule has 0 radical (unpaired) electrons. The molecule has 2 aromatic carbocycles. The van der Waals surface area contributed by atoms with Gasteiger partial charge in [-0.25, -0.2) is 4.98 Å². The molecule has 3 amide bonds. The number of carbonyl (C=O) groups is 3. The number of nitrogens with one attached hydrogen (secondary N) is 2. The number of hydrogen-bond donors (Lipinski definition) is 2. The number of hydrogen-bond acceptors (Lipinski definition) is 5. The van der Waals surface area contributed by atoms with E-state index in [1.807, 2.05) is 70.2 Å². The quantitative estimate of drug-likeness (QED) is 0.454. The molecule has 5 rings (SSSR count). The third-order valence-electron chi connectivity index (χ3n) is 7.74. The van der Waals surface area contributed by atoms with E-state index in [4.69, 9.17) is 0 Å². The highest BCUT2D eigenvalue weighted by molar-refractivity contribution is 6.06. The van der Waals surface area contributed by atoms with Gasteiger partial charge in [0.15, 0.2) is 0 Å². The lowest BCUT2D eigenvalue weighted by Gasteiger charge is -2.29. The molecule has 2 heterocycles. The number of rotatable bonds is 6. The van der Waals surface area contributed by atoms with Gasteiger partial charge < -0.3 is 15.5 Å². The van der Waals surface area contributed by atoms with E-state index >= 15 is 0 Å². The summed E-state index contributed by atoms with van der Waals surface area (Å²) < 4.78 is 0. The van der Waals surface area contributed by atoms with Crippen molar-refractivity contribution >= 4 is 35.4 Å². The minimum atomic E-state index is -0.674. The highest BCUT2D eigenvalue weighted by Crippen LogP contribution is 2.47. The van der Waals surface area contributed by atoms with E-state index in [1.165, 1.54) is 0 Å². The van der Waals surface area contributed by atoms with Crippen molar-refractivity contribution in [3.63, 3.8) is 0 Å². The maximum absolute atomic E-state index is 13.4. The second-order valence-electron chi connectivity index (χ2n) is 11.8. The van der Waals surface area contributed by atoms with E-state index in [1.54, 1.807) is 24.4 Å². The van der Waals surface area contributed by atoms with Crippen LogP contribution in [0.1, 0.15) is 54.2 Å². The van der Waals surface area contributed by atoms with Gasteiger partial charge >= 0.3 is 0 Å². The van der Waals surface area contributed by atoms with E-state index < -0.39 is 10.8 Å². The first-order valence-electron chi connectivity index (χ1n) is 13.5. The molecule has 1 spiro atoms. The van der Waals surface area contributed by atoms with Crippen LogP contribution in [0.2, 0.25) is 0 Å². The second-order valence-corrected chi connectivity index (χ2v) is 11.8. The highest BCUT2D eigenvalue weighted by atomic mass is 16.2. The number of aliphatic imine (C=N–C) groups is 1. The number of nitrogens with zero attached hydrogens (tertiary/aromatic N) is 3. The van der Waals surface area contributed by atoms with Crippen LogP contribution >= 0.6 is 0 Å². The molecule has 3 aromatic rings. The molecule has 8 heteroatoms. The Kier molecular flexibility index (Phi) is 7.04. The first-order valence-corrected chi connectivity index (χ1v) is 13.5. The van der Waals surface area contributed by atoms with Crippen LogP contribution in [0.3, 0.4) is 0 Å². The fourth-order valence-corrected chi connectivity index (χ4v) is 5.77. The molecule has 0 fully saturated rings. The standard InChI is InChI=1S/C32H35N5O3/c1-20-13-23-15-32(25-11-8-12-34-28(25)36-29(32)39)16-24(23)14-26(20)35-27(38)19-37(30(40)31(2,3)4)18-22-10-7-6-9-21(22)17-33-5/h6-14,17H,15-16,18-19H2,1-5H3,(H,35,38)(H,34,36,39)/b33-17+. The van der Waals surface area contributed by atoms with Gasteiger partial charge in [0.25, 0.3) is 0 Å². The Bertz CT molecular complexity index is 1540. The van der Waals surface area contributed by atoms with Crippen LogP contribution in [0.15, 0.2) is 59.7 Å². The molecule has 1 aliphatic carbocycles. The molecule has 206 valence electrons. The molecule has 1 atom stereocenters. The molecule has 8 nitrogen and oxygen atoms in total. The first kappa shape index (κ1) is 27.2. The van der Waals surface area contributed by atoms with E-state index in [0.717, 1.165) is 33.4 Å². The predicted octanol–water partition coefficient (Wildman–Crippen LogP) is 4.44. The van der Waals surface area contributed by atoms with Crippen molar-refractivity contribution in [2.45, 2.75) is 52.5 Å². The maximum atomic E-state index is 13.4. The number of pyridine rings is 1. The average molecular weight is 538 g/mol. The van der Waals surface area contributed by atoms with E-state index in [2.05, 4.69) is 26.7 Å². The fourth-order valence-electron chi connectivity index (χ4n) is 5.77. The Morgan fingerprint density at radius 1 is 1.12 bits per heavy atom. The zero-order chi connectivity index (χ0) is 28.7. The van der Waals surface area contributed by atoms with E-state index in [0.29, 0.717) is 30.9 Å². The van der Waals surface area contributed by atoms with E-state index in [9.17, 15) is 14.4 Å². The third-order valence-corrected chi connectivity index (χ3v) is 7.74. The van der Waals surface area contributed by atoms with Crippen LogP contribution in [0.25, 0.3) is 0 Å². The third kappa shape index (κ3) is 5.01. The largest absolute Gasteiger partial charge is 0.329 e. The Hall–Kier alpha value is -4.33. The average Bonchev–Trinajstić information content (AvgIpc) is 3.40. The van der Waals surface area contributed by atoms with Crippen molar-refractivity contribution in [1.29, 1.82) is 0 Å². The van der Waals surface area contributed by atoms with Gasteiger partial charge in [-0.1, -0.05) is 57.2 Å². The second kappa shape index (κ2) is 10.3. The summed E-state index contributed by atoms with van der Waals surface area (Å²) in [5, 5.41) is 5.98. The lowest BCUT2D eigenvalue weighted by atomic mass is 9.79. The monoisotopic (exact) mass is 537 g/mol. The van der Waals surface area contributed by atoms with Crippen molar-refractivity contribution < 1.29 is 14.4 Å². The van der Waals surface area contributed by atoms with Gasteiger partial charge in [0.05, 0.1) is 5.41 Å². The number of amides is 3. The summed E-state index contributed by atoms with van der Waals surface area (Å²) in [5.41, 5.74) is 5.15. The maximum Gasteiger partial charge on any atom is 0.244 e. The van der Waals surface area contributed by atoms with Crippen molar-refractivity contribution in [2.75, 3.05) is 24.2 Å². The van der Waals surface area contributed by atoms with Gasteiger partial charge in [0.1, 0.15) is 12.4 Å². The predicted molar refractivity (Wildman–Crippen MR) is 157 cm³/mol. The van der Waals surface area contributed by atoms with Crippen molar-refractivity contribution in [3.05, 3.63) is 88.1 Å². The number of carbonyl (C=O) groups excluding carboxylic acids is 3. The van der Waals surface area contributed by atoms with Crippen LogP contribution in [-0.2, 0) is 39.2 Å². The highest BCUT2D eigenvalue weighted by Gasteiger charge is 2.51. The molecule has 2 aliphatic rings. The minimum absolute atomic E-state index is 0.0367. The summed E-state index contributed by atoms with van der Waals surface area (Å²) in [6.07, 6.45) is 4.58. The van der Waals surface area contributed by atoms with Gasteiger partial charge in [0, 0.05) is 42.7 Å². The smallest absolute Gasteiger partial charge is 0.244 e. The molecule has 1 unspecified atom stereocenters. The number of aromatic nitrogens is 1. The van der Waals surface area contributed by atoms with Gasteiger partial charge in [-0.2, -0.15) is 0 Å². The number of fused-ring (bicyclic) bond motifs is 3. The molecule has 0 bridgehead atoms. The molecular weight excluding hydrogens is 502 g/mol. The van der Waals surface area contributed by atoms with Gasteiger partial charge in [-0.3, -0.25) is 19.4 Å². The number of benzene rings is 2. The molecule has 1 aliphatic heterocycles. The normalized spacial score (nSPS) is 17.6.